The average molecular weight is 512 g/mol. The summed E-state index contributed by atoms with van der Waals surface area (Å²) in [6.07, 6.45) is 1.44. The van der Waals surface area contributed by atoms with Crippen LogP contribution in [-0.4, -0.2) is 96.0 Å². The zero-order valence-electron chi connectivity index (χ0n) is 22.0. The fourth-order valence-corrected chi connectivity index (χ4v) is 5.70. The van der Waals surface area contributed by atoms with Crippen LogP contribution in [0.15, 0.2) is 18.2 Å². The predicted octanol–water partition coefficient (Wildman–Crippen LogP) is 1.83. The number of carbonyl (C=O) groups excluding carboxylic acids is 4. The van der Waals surface area contributed by atoms with E-state index in [0.717, 1.165) is 63.5 Å². The third-order valence-electron chi connectivity index (χ3n) is 7.59. The molecule has 1 atom stereocenters. The number of amides is 4. The van der Waals surface area contributed by atoms with Crippen LogP contribution in [0.4, 0.5) is 10.5 Å². The number of nitrogens with one attached hydrogen (secondary N) is 1. The molecule has 0 radical (unpaired) electrons. The van der Waals surface area contributed by atoms with Crippen molar-refractivity contribution in [3.8, 4) is 0 Å². The SMILES string of the molecule is CC(C)(C)OC(=O)N1CC(CN2CCCN(c3ccc4c(c3)CN(C3CCC(=O)NC3=O)C4=O)CC2)C1. The lowest BCUT2D eigenvalue weighted by Crippen LogP contribution is -2.55. The van der Waals surface area contributed by atoms with Gasteiger partial charge >= 0.3 is 6.09 Å². The number of nitrogens with zero attached hydrogens (tertiary/aromatic N) is 4. The molecular weight excluding hydrogens is 474 g/mol. The number of piperidine rings is 1. The van der Waals surface area contributed by atoms with Crippen molar-refractivity contribution >= 4 is 29.5 Å². The fraction of sp³-hybridized carbons (Fsp3) is 0.630. The van der Waals surface area contributed by atoms with E-state index in [9.17, 15) is 19.2 Å². The molecule has 200 valence electrons. The molecule has 3 fully saturated rings. The first-order chi connectivity index (χ1) is 17.6. The maximum absolute atomic E-state index is 13.0. The van der Waals surface area contributed by atoms with Crippen molar-refractivity contribution in [1.82, 2.24) is 20.0 Å². The minimum atomic E-state index is -0.592. The summed E-state index contributed by atoms with van der Waals surface area (Å²) in [5.74, 6) is -0.325. The lowest BCUT2D eigenvalue weighted by atomic mass is 10.00. The van der Waals surface area contributed by atoms with Crippen LogP contribution < -0.4 is 10.2 Å². The van der Waals surface area contributed by atoms with Crippen molar-refractivity contribution < 1.29 is 23.9 Å². The molecule has 4 amide bonds. The molecule has 37 heavy (non-hydrogen) atoms. The third-order valence-corrected chi connectivity index (χ3v) is 7.59. The van der Waals surface area contributed by atoms with E-state index in [-0.39, 0.29) is 30.2 Å². The van der Waals surface area contributed by atoms with Gasteiger partial charge in [0.05, 0.1) is 0 Å². The van der Waals surface area contributed by atoms with Crippen LogP contribution >= 0.6 is 0 Å². The first-order valence-corrected chi connectivity index (χ1v) is 13.3. The van der Waals surface area contributed by atoms with E-state index >= 15 is 0 Å². The van der Waals surface area contributed by atoms with E-state index < -0.39 is 11.6 Å². The van der Waals surface area contributed by atoms with Gasteiger partial charge in [0.25, 0.3) is 5.91 Å². The smallest absolute Gasteiger partial charge is 0.410 e. The highest BCUT2D eigenvalue weighted by Gasteiger charge is 2.39. The zero-order valence-corrected chi connectivity index (χ0v) is 22.0. The van der Waals surface area contributed by atoms with Gasteiger partial charge in [-0.2, -0.15) is 0 Å². The maximum atomic E-state index is 13.0. The molecule has 0 aromatic heterocycles. The maximum Gasteiger partial charge on any atom is 0.410 e. The second-order valence-electron chi connectivity index (χ2n) is 11.6. The molecule has 1 aromatic rings. The van der Waals surface area contributed by atoms with Crippen LogP contribution in [0.1, 0.15) is 56.0 Å². The summed E-state index contributed by atoms with van der Waals surface area (Å²) in [6, 6.07) is 5.37. The summed E-state index contributed by atoms with van der Waals surface area (Å²) in [7, 11) is 0. The Bertz CT molecular complexity index is 1090. The van der Waals surface area contributed by atoms with Gasteiger partial charge in [-0.25, -0.2) is 4.79 Å². The Morgan fingerprint density at radius 3 is 2.59 bits per heavy atom. The second kappa shape index (κ2) is 9.96. The molecule has 3 saturated heterocycles. The van der Waals surface area contributed by atoms with Crippen molar-refractivity contribution in [3.05, 3.63) is 29.3 Å². The molecule has 4 aliphatic rings. The Hall–Kier alpha value is -3.14. The van der Waals surface area contributed by atoms with Gasteiger partial charge < -0.3 is 24.3 Å². The number of benzene rings is 1. The van der Waals surface area contributed by atoms with Crippen LogP contribution in [0, 0.1) is 5.92 Å². The lowest BCUT2D eigenvalue weighted by molar-refractivity contribution is -0.136. The number of anilines is 1. The highest BCUT2D eigenvalue weighted by Crippen LogP contribution is 2.31. The average Bonchev–Trinajstić information content (AvgIpc) is 2.96. The van der Waals surface area contributed by atoms with Crippen molar-refractivity contribution in [2.45, 2.75) is 58.2 Å². The van der Waals surface area contributed by atoms with Gasteiger partial charge in [0.2, 0.25) is 11.8 Å². The quantitative estimate of drug-likeness (QED) is 0.616. The van der Waals surface area contributed by atoms with Crippen molar-refractivity contribution in [1.29, 1.82) is 0 Å². The van der Waals surface area contributed by atoms with Crippen molar-refractivity contribution in [2.24, 2.45) is 5.92 Å². The lowest BCUT2D eigenvalue weighted by Gasteiger charge is -2.41. The topological polar surface area (TPSA) is 102 Å². The standard InChI is InChI=1S/C27H37N5O5/c1-27(2,3)37-26(36)31-15-18(16-31)14-29-9-4-10-30(12-11-29)20-5-6-21-19(13-20)17-32(25(21)35)22-7-8-23(33)28-24(22)34/h5-6,13,18,22H,4,7-12,14-17H2,1-3H3,(H,28,33,34). The number of ether oxygens (including phenoxy) is 1. The van der Waals surface area contributed by atoms with Crippen LogP contribution in [0.5, 0.6) is 0 Å². The zero-order chi connectivity index (χ0) is 26.3. The second-order valence-corrected chi connectivity index (χ2v) is 11.6. The molecule has 1 unspecified atom stereocenters. The predicted molar refractivity (Wildman–Crippen MR) is 137 cm³/mol. The fourth-order valence-electron chi connectivity index (χ4n) is 5.70. The van der Waals surface area contributed by atoms with E-state index in [1.807, 2.05) is 32.9 Å². The summed E-state index contributed by atoms with van der Waals surface area (Å²) in [6.45, 7) is 12.3. The number of hydrogen-bond acceptors (Lipinski definition) is 7. The van der Waals surface area contributed by atoms with Gasteiger partial charge in [0.15, 0.2) is 0 Å². The van der Waals surface area contributed by atoms with Gasteiger partial charge in [0, 0.05) is 69.4 Å². The number of rotatable bonds is 4. The Kier molecular flexibility index (Phi) is 6.87. The van der Waals surface area contributed by atoms with E-state index in [0.29, 0.717) is 24.4 Å². The first kappa shape index (κ1) is 25.5. The Balaban J connectivity index is 1.14. The summed E-state index contributed by atoms with van der Waals surface area (Å²) in [4.78, 5) is 57.2. The summed E-state index contributed by atoms with van der Waals surface area (Å²) in [5.41, 5.74) is 2.21. The molecular formula is C27H37N5O5. The molecule has 1 aromatic carbocycles. The van der Waals surface area contributed by atoms with E-state index in [4.69, 9.17) is 4.74 Å². The summed E-state index contributed by atoms with van der Waals surface area (Å²) < 4.78 is 5.46. The number of carbonyl (C=O) groups is 4. The molecule has 1 N–H and O–H groups in total. The third kappa shape index (κ3) is 5.58. The Morgan fingerprint density at radius 1 is 1.08 bits per heavy atom. The molecule has 5 rings (SSSR count). The largest absolute Gasteiger partial charge is 0.444 e. The van der Waals surface area contributed by atoms with Crippen LogP contribution in [0.2, 0.25) is 0 Å². The van der Waals surface area contributed by atoms with Gasteiger partial charge in [0.1, 0.15) is 11.6 Å². The monoisotopic (exact) mass is 511 g/mol. The molecule has 10 nitrogen and oxygen atoms in total. The van der Waals surface area contributed by atoms with Gasteiger partial charge in [-0.05, 0) is 63.9 Å². The molecule has 0 spiro atoms. The van der Waals surface area contributed by atoms with Crippen molar-refractivity contribution in [2.75, 3.05) is 50.7 Å². The van der Waals surface area contributed by atoms with Gasteiger partial charge in [-0.15, -0.1) is 0 Å². The van der Waals surface area contributed by atoms with Crippen LogP contribution in [0.25, 0.3) is 0 Å². The first-order valence-electron chi connectivity index (χ1n) is 13.3. The summed E-state index contributed by atoms with van der Waals surface area (Å²) in [5, 5.41) is 2.36. The minimum absolute atomic E-state index is 0.140. The number of fused-ring (bicyclic) bond motifs is 1. The highest BCUT2D eigenvalue weighted by atomic mass is 16.6. The van der Waals surface area contributed by atoms with Crippen LogP contribution in [-0.2, 0) is 20.9 Å². The highest BCUT2D eigenvalue weighted by molar-refractivity contribution is 6.05. The minimum Gasteiger partial charge on any atom is -0.444 e. The van der Waals surface area contributed by atoms with Crippen molar-refractivity contribution in [3.63, 3.8) is 0 Å². The number of likely N-dealkylation sites (tertiary alicyclic amines) is 1. The normalized spacial score (nSPS) is 23.5. The molecule has 0 aliphatic carbocycles. The molecule has 10 heteroatoms. The number of imide groups is 1. The Labute approximate surface area is 217 Å². The van der Waals surface area contributed by atoms with Gasteiger partial charge in [-0.3, -0.25) is 19.7 Å². The molecule has 0 bridgehead atoms. The van der Waals surface area contributed by atoms with Gasteiger partial charge in [-0.1, -0.05) is 0 Å². The summed E-state index contributed by atoms with van der Waals surface area (Å²) >= 11 is 0. The Morgan fingerprint density at radius 2 is 1.86 bits per heavy atom. The van der Waals surface area contributed by atoms with Crippen LogP contribution in [0.3, 0.4) is 0 Å². The molecule has 4 heterocycles. The molecule has 4 aliphatic heterocycles. The van der Waals surface area contributed by atoms with E-state index in [1.165, 1.54) is 0 Å². The van der Waals surface area contributed by atoms with E-state index in [1.54, 1.807) is 9.80 Å². The molecule has 0 saturated carbocycles. The number of hydrogen-bond donors (Lipinski definition) is 1. The van der Waals surface area contributed by atoms with E-state index in [2.05, 4.69) is 21.2 Å².